The van der Waals surface area contributed by atoms with Crippen molar-refractivity contribution in [2.24, 2.45) is 0 Å². The summed E-state index contributed by atoms with van der Waals surface area (Å²) in [6, 6.07) is 0. The highest BCUT2D eigenvalue weighted by atomic mass is 31.2. The Morgan fingerprint density at radius 2 is 0.707 bits per heavy atom. The molecule has 18 unspecified atom stereocenters. The van der Waals surface area contributed by atoms with Crippen LogP contribution in [0.3, 0.4) is 0 Å². The molecule has 3 rings (SSSR count). The quantitative estimate of drug-likeness (QED) is 0.00886. The summed E-state index contributed by atoms with van der Waals surface area (Å²) < 4.78 is 65.0. The average Bonchev–Trinajstić information content (AvgIpc) is 0.764. The second-order valence-electron chi connectivity index (χ2n) is 27.7. The summed E-state index contributed by atoms with van der Waals surface area (Å²) in [5, 5.41) is 110. The molecule has 18 atom stereocenters. The van der Waals surface area contributed by atoms with E-state index in [9.17, 15) is 74.9 Å². The van der Waals surface area contributed by atoms with E-state index in [4.69, 9.17) is 42.2 Å². The number of esters is 3. The number of unbranched alkanes of at least 4 members (excludes halogenated alkanes) is 35. The molecule has 0 amide bonds. The van der Waals surface area contributed by atoms with Crippen LogP contribution in [0.1, 0.15) is 297 Å². The summed E-state index contributed by atoms with van der Waals surface area (Å²) in [7, 11) is -5.70. The van der Waals surface area contributed by atoms with Crippen molar-refractivity contribution in [3.63, 3.8) is 0 Å². The Morgan fingerprint density at radius 1 is 0.384 bits per heavy atom. The number of rotatable bonds is 60. The molecule has 0 aromatic rings. The number of ether oxygens (including phenoxy) is 7. The van der Waals surface area contributed by atoms with E-state index in [2.05, 4.69) is 45.1 Å². The molecule has 1 aliphatic carbocycles. The molecule has 24 nitrogen and oxygen atoms in total. The van der Waals surface area contributed by atoms with Gasteiger partial charge in [-0.25, -0.2) is 4.57 Å². The van der Waals surface area contributed by atoms with E-state index in [1.54, 1.807) is 0 Å². The van der Waals surface area contributed by atoms with Crippen molar-refractivity contribution in [2.75, 3.05) is 26.4 Å². The van der Waals surface area contributed by atoms with Gasteiger partial charge in [0.15, 0.2) is 18.7 Å². The largest absolute Gasteiger partial charge is 0.472 e. The monoisotopic (exact) mass is 1440 g/mol. The summed E-state index contributed by atoms with van der Waals surface area (Å²) in [6.07, 6.45) is 16.6. The highest BCUT2D eigenvalue weighted by Crippen LogP contribution is 2.49. The van der Waals surface area contributed by atoms with Crippen LogP contribution in [0, 0.1) is 0 Å². The summed E-state index contributed by atoms with van der Waals surface area (Å²) >= 11 is 0. The van der Waals surface area contributed by atoms with Gasteiger partial charge in [0.25, 0.3) is 0 Å². The van der Waals surface area contributed by atoms with Gasteiger partial charge >= 0.3 is 25.7 Å². The molecule has 580 valence electrons. The SMILES string of the molecule is CCCCCC/C=C\CCCCCCCCCC(=O)OC(COC(=O)CCCCC/C=C\CCCCCCCC)COP(=O)(O)OC1C(OC2OC(CO)C(O)C(O)C2O)C(O)C(O)C(O)C1OC1OC(COC(=O)CCCCCCCCCCCCCCCCCC)C(O)C(O)C1O. The molecule has 3 fully saturated rings. The summed E-state index contributed by atoms with van der Waals surface area (Å²) in [5.74, 6) is -2.01. The molecule has 2 saturated heterocycles. The van der Waals surface area contributed by atoms with Gasteiger partial charge in [0.05, 0.1) is 13.2 Å². The van der Waals surface area contributed by atoms with E-state index >= 15 is 0 Å². The average molecular weight is 1440 g/mol. The minimum Gasteiger partial charge on any atom is -0.463 e. The van der Waals surface area contributed by atoms with Gasteiger partial charge in [0, 0.05) is 19.3 Å². The van der Waals surface area contributed by atoms with Gasteiger partial charge in [0.2, 0.25) is 0 Å². The summed E-state index contributed by atoms with van der Waals surface area (Å²) in [6.45, 7) is 3.42. The zero-order valence-electron chi connectivity index (χ0n) is 60.5. The second-order valence-corrected chi connectivity index (χ2v) is 29.1. The van der Waals surface area contributed by atoms with Crippen molar-refractivity contribution in [1.29, 1.82) is 0 Å². The van der Waals surface area contributed by atoms with Crippen LogP contribution in [0.2, 0.25) is 0 Å². The fourth-order valence-electron chi connectivity index (χ4n) is 12.6. The molecule has 99 heavy (non-hydrogen) atoms. The lowest BCUT2D eigenvalue weighted by atomic mass is 9.84. The number of carbonyl (C=O) groups excluding carboxylic acids is 3. The number of hydrogen-bond acceptors (Lipinski definition) is 23. The first-order chi connectivity index (χ1) is 47.8. The number of aliphatic hydroxyl groups is 10. The van der Waals surface area contributed by atoms with Crippen LogP contribution in [0.25, 0.3) is 0 Å². The van der Waals surface area contributed by atoms with Gasteiger partial charge in [-0.1, -0.05) is 231 Å². The van der Waals surface area contributed by atoms with Gasteiger partial charge in [-0.15, -0.1) is 0 Å². The maximum Gasteiger partial charge on any atom is 0.472 e. The summed E-state index contributed by atoms with van der Waals surface area (Å²) in [5.41, 5.74) is 0. The topological polar surface area (TPSA) is 374 Å². The molecule has 0 aromatic heterocycles. The highest BCUT2D eigenvalue weighted by molar-refractivity contribution is 7.47. The third-order valence-corrected chi connectivity index (χ3v) is 19.9. The Kier molecular flexibility index (Phi) is 51.2. The Balaban J connectivity index is 1.72. The van der Waals surface area contributed by atoms with Gasteiger partial charge in [-0.3, -0.25) is 23.4 Å². The van der Waals surface area contributed by atoms with Gasteiger partial charge in [-0.05, 0) is 70.6 Å². The first kappa shape index (κ1) is 90.7. The number of carbonyl (C=O) groups is 3. The molecule has 0 aromatic carbocycles. The molecule has 2 heterocycles. The lowest BCUT2D eigenvalue weighted by Crippen LogP contribution is -2.69. The predicted octanol–water partition coefficient (Wildman–Crippen LogP) is 10.9. The maximum atomic E-state index is 14.3. The summed E-state index contributed by atoms with van der Waals surface area (Å²) in [4.78, 5) is 51.0. The first-order valence-corrected chi connectivity index (χ1v) is 40.1. The smallest absolute Gasteiger partial charge is 0.463 e. The normalized spacial score (nSPS) is 27.6. The van der Waals surface area contributed by atoms with Gasteiger partial charge < -0.3 is 89.1 Å². The Hall–Kier alpha value is -2.56. The van der Waals surface area contributed by atoms with Crippen LogP contribution in [0.4, 0.5) is 0 Å². The maximum absolute atomic E-state index is 14.3. The van der Waals surface area contributed by atoms with Crippen LogP contribution < -0.4 is 0 Å². The third kappa shape index (κ3) is 38.9. The van der Waals surface area contributed by atoms with Crippen molar-refractivity contribution in [2.45, 2.75) is 401 Å². The standard InChI is InChI=1S/C74H135O24P/c1-4-7-10-13-16-19-22-25-27-29-31-34-37-40-43-46-49-59(77)91-54-57-62(80)64(82)69(87)74(95-57)97-71-67(85)65(83)66(84)70(96-73-68(86)63(81)61(79)56(51-75)94-73)72(71)98-99(88,89)92-53-55(52-90-58(76)48-45-42-39-36-33-30-24-21-18-15-12-9-6-3)93-60(78)50-47-44-41-38-35-32-28-26-23-20-17-14-11-8-5-2/h20,23,30,33,55-57,61-75,79-87H,4-19,21-22,24-29,31-32,34-54H2,1-3H3,(H,88,89)/b23-20-,33-30-. The Morgan fingerprint density at radius 3 is 1.11 bits per heavy atom. The fraction of sp³-hybridized carbons (Fsp3) is 0.905. The number of allylic oxidation sites excluding steroid dienone is 4. The molecule has 3 aliphatic rings. The molecular weight excluding hydrogens is 1300 g/mol. The van der Waals surface area contributed by atoms with Crippen LogP contribution in [-0.2, 0) is 61.2 Å². The van der Waals surface area contributed by atoms with E-state index in [1.165, 1.54) is 122 Å². The Bertz CT molecular complexity index is 2140. The predicted molar refractivity (Wildman–Crippen MR) is 374 cm³/mol. The Labute approximate surface area is 592 Å². The molecule has 11 N–H and O–H groups in total. The van der Waals surface area contributed by atoms with E-state index < -0.39 is 156 Å². The van der Waals surface area contributed by atoms with E-state index in [1.807, 2.05) is 0 Å². The van der Waals surface area contributed by atoms with Crippen LogP contribution in [0.15, 0.2) is 24.3 Å². The van der Waals surface area contributed by atoms with E-state index in [0.717, 1.165) is 116 Å². The lowest BCUT2D eigenvalue weighted by Gasteiger charge is -2.49. The molecule has 2 aliphatic heterocycles. The van der Waals surface area contributed by atoms with E-state index in [-0.39, 0.29) is 19.3 Å². The van der Waals surface area contributed by atoms with Crippen molar-refractivity contribution in [3.8, 4) is 0 Å². The van der Waals surface area contributed by atoms with E-state index in [0.29, 0.717) is 19.3 Å². The number of hydrogen-bond donors (Lipinski definition) is 11. The van der Waals surface area contributed by atoms with Crippen LogP contribution in [0.5, 0.6) is 0 Å². The van der Waals surface area contributed by atoms with Crippen LogP contribution in [-0.4, -0.2) is 204 Å². The molecule has 1 saturated carbocycles. The van der Waals surface area contributed by atoms with Crippen molar-refractivity contribution in [3.05, 3.63) is 24.3 Å². The van der Waals surface area contributed by atoms with Crippen molar-refractivity contribution < 1.29 is 117 Å². The minimum atomic E-state index is -5.70. The highest BCUT2D eigenvalue weighted by Gasteiger charge is 2.58. The zero-order valence-corrected chi connectivity index (χ0v) is 61.4. The minimum absolute atomic E-state index is 0.0245. The fourth-order valence-corrected chi connectivity index (χ4v) is 13.6. The number of phosphoric acid groups is 1. The zero-order chi connectivity index (χ0) is 72.5. The molecule has 25 heteroatoms. The van der Waals surface area contributed by atoms with Crippen LogP contribution >= 0.6 is 7.82 Å². The lowest BCUT2D eigenvalue weighted by molar-refractivity contribution is -0.360. The third-order valence-electron chi connectivity index (χ3n) is 19.0. The van der Waals surface area contributed by atoms with Gasteiger partial charge in [-0.2, -0.15) is 0 Å². The molecule has 0 spiro atoms. The molecular formula is C74H135O24P. The van der Waals surface area contributed by atoms with Gasteiger partial charge in [0.1, 0.15) is 98.7 Å². The number of phosphoric ester groups is 1. The first-order valence-electron chi connectivity index (χ1n) is 38.6. The van der Waals surface area contributed by atoms with Crippen molar-refractivity contribution >= 4 is 25.7 Å². The number of aliphatic hydroxyl groups excluding tert-OH is 10. The second kappa shape index (κ2) is 55.9. The molecule has 0 radical (unpaired) electrons. The molecule has 0 bridgehead atoms. The van der Waals surface area contributed by atoms with Crippen molar-refractivity contribution in [1.82, 2.24) is 0 Å².